The van der Waals surface area contributed by atoms with E-state index in [1.807, 2.05) is 77.3 Å². The molecular formula is C57H31N3O2S2. The van der Waals surface area contributed by atoms with Gasteiger partial charge in [-0.25, -0.2) is 15.0 Å². The fourth-order valence-electron chi connectivity index (χ4n) is 9.53. The molecule has 0 aliphatic heterocycles. The molecule has 14 rings (SSSR count). The molecule has 0 N–H and O–H groups in total. The zero-order valence-electron chi connectivity index (χ0n) is 33.9. The van der Waals surface area contributed by atoms with Gasteiger partial charge in [-0.3, -0.25) is 0 Å². The highest BCUT2D eigenvalue weighted by molar-refractivity contribution is 7.26. The number of hydrogen-bond donors (Lipinski definition) is 0. The lowest BCUT2D eigenvalue weighted by Gasteiger charge is -2.10. The minimum absolute atomic E-state index is 0.565. The van der Waals surface area contributed by atoms with E-state index in [1.54, 1.807) is 0 Å². The predicted molar refractivity (Wildman–Crippen MR) is 267 cm³/mol. The van der Waals surface area contributed by atoms with Crippen LogP contribution in [0, 0.1) is 0 Å². The van der Waals surface area contributed by atoms with Gasteiger partial charge in [-0.15, -0.1) is 22.7 Å². The molecule has 5 nitrogen and oxygen atoms in total. The summed E-state index contributed by atoms with van der Waals surface area (Å²) < 4.78 is 18.3. The number of hydrogen-bond acceptors (Lipinski definition) is 7. The molecule has 5 aromatic heterocycles. The summed E-state index contributed by atoms with van der Waals surface area (Å²) in [6.07, 6.45) is 0. The molecule has 0 amide bonds. The van der Waals surface area contributed by atoms with Gasteiger partial charge in [0.1, 0.15) is 22.3 Å². The summed E-state index contributed by atoms with van der Waals surface area (Å²) in [7, 11) is 0. The van der Waals surface area contributed by atoms with Crippen molar-refractivity contribution in [2.45, 2.75) is 0 Å². The number of fused-ring (bicyclic) bond motifs is 12. The topological polar surface area (TPSA) is 65.0 Å². The number of rotatable bonds is 5. The summed E-state index contributed by atoms with van der Waals surface area (Å²) in [5.74, 6) is 1.72. The quantitative estimate of drug-likeness (QED) is 0.173. The fourth-order valence-corrected chi connectivity index (χ4v) is 11.7. The van der Waals surface area contributed by atoms with Crippen LogP contribution in [0.4, 0.5) is 0 Å². The van der Waals surface area contributed by atoms with Crippen molar-refractivity contribution in [3.05, 3.63) is 188 Å². The Labute approximate surface area is 373 Å². The van der Waals surface area contributed by atoms with Crippen LogP contribution in [0.2, 0.25) is 0 Å². The van der Waals surface area contributed by atoms with Gasteiger partial charge in [-0.1, -0.05) is 115 Å². The third-order valence-corrected chi connectivity index (χ3v) is 14.9. The average Bonchev–Trinajstić information content (AvgIpc) is 4.13. The third-order valence-electron chi connectivity index (χ3n) is 12.6. The summed E-state index contributed by atoms with van der Waals surface area (Å²) in [6.45, 7) is 0. The average molecular weight is 854 g/mol. The Morgan fingerprint density at radius 1 is 0.281 bits per heavy atom. The molecule has 0 radical (unpaired) electrons. The van der Waals surface area contributed by atoms with Crippen LogP contribution in [-0.2, 0) is 0 Å². The number of thiophene rings is 2. The van der Waals surface area contributed by atoms with E-state index in [0.29, 0.717) is 17.5 Å². The van der Waals surface area contributed by atoms with E-state index in [4.69, 9.17) is 23.8 Å². The van der Waals surface area contributed by atoms with Gasteiger partial charge in [0, 0.05) is 78.6 Å². The van der Waals surface area contributed by atoms with Gasteiger partial charge >= 0.3 is 0 Å². The lowest BCUT2D eigenvalue weighted by atomic mass is 9.99. The molecular weight excluding hydrogens is 823 g/mol. The van der Waals surface area contributed by atoms with Crippen molar-refractivity contribution in [1.29, 1.82) is 0 Å². The lowest BCUT2D eigenvalue weighted by Crippen LogP contribution is -2.00. The van der Waals surface area contributed by atoms with Gasteiger partial charge in [0.15, 0.2) is 17.5 Å². The van der Waals surface area contributed by atoms with Crippen molar-refractivity contribution in [3.63, 3.8) is 0 Å². The van der Waals surface area contributed by atoms with Crippen LogP contribution in [0.3, 0.4) is 0 Å². The first-order valence-corrected chi connectivity index (χ1v) is 22.9. The van der Waals surface area contributed by atoms with Crippen molar-refractivity contribution in [2.24, 2.45) is 0 Å². The second-order valence-electron chi connectivity index (χ2n) is 16.3. The largest absolute Gasteiger partial charge is 0.456 e. The Balaban J connectivity index is 0.952. The Bertz CT molecular complexity index is 3970. The fraction of sp³-hybridized carbons (Fsp3) is 0. The summed E-state index contributed by atoms with van der Waals surface area (Å²) in [5.41, 5.74) is 10.4. The van der Waals surface area contributed by atoms with Crippen molar-refractivity contribution in [3.8, 4) is 56.4 Å². The zero-order chi connectivity index (χ0) is 41.9. The van der Waals surface area contributed by atoms with Crippen LogP contribution in [0.25, 0.3) is 141 Å². The Morgan fingerprint density at radius 3 is 1.22 bits per heavy atom. The van der Waals surface area contributed by atoms with Crippen LogP contribution in [-0.4, -0.2) is 15.0 Å². The second-order valence-corrected chi connectivity index (χ2v) is 18.4. The highest BCUT2D eigenvalue weighted by Gasteiger charge is 2.21. The Hall–Kier alpha value is -7.97. The molecule has 0 fully saturated rings. The molecule has 0 bridgehead atoms. The highest BCUT2D eigenvalue weighted by atomic mass is 32.1. The molecule has 0 saturated heterocycles. The molecule has 0 atom stereocenters. The number of nitrogens with zero attached hydrogens (tertiary/aromatic N) is 3. The van der Waals surface area contributed by atoms with Crippen LogP contribution in [0.1, 0.15) is 0 Å². The highest BCUT2D eigenvalue weighted by Crippen LogP contribution is 2.43. The molecule has 0 saturated carbocycles. The van der Waals surface area contributed by atoms with Gasteiger partial charge < -0.3 is 8.83 Å². The van der Waals surface area contributed by atoms with Crippen LogP contribution in [0.15, 0.2) is 197 Å². The van der Waals surface area contributed by atoms with E-state index in [2.05, 4.69) is 133 Å². The molecule has 9 aromatic carbocycles. The normalized spacial score (nSPS) is 12.1. The van der Waals surface area contributed by atoms with Gasteiger partial charge in [-0.2, -0.15) is 0 Å². The van der Waals surface area contributed by atoms with Gasteiger partial charge in [-0.05, 0) is 95.1 Å². The molecule has 7 heteroatoms. The van der Waals surface area contributed by atoms with Crippen LogP contribution in [0.5, 0.6) is 0 Å². The van der Waals surface area contributed by atoms with E-state index < -0.39 is 0 Å². The summed E-state index contributed by atoms with van der Waals surface area (Å²) in [5, 5.41) is 9.04. The smallest absolute Gasteiger partial charge is 0.164 e. The number of benzene rings is 9. The minimum atomic E-state index is 0.565. The molecule has 14 aromatic rings. The number of furan rings is 2. The Morgan fingerprint density at radius 2 is 0.703 bits per heavy atom. The first kappa shape index (κ1) is 35.6. The van der Waals surface area contributed by atoms with E-state index >= 15 is 0 Å². The summed E-state index contributed by atoms with van der Waals surface area (Å²) >= 11 is 3.67. The van der Waals surface area contributed by atoms with Crippen molar-refractivity contribution < 1.29 is 8.83 Å². The third kappa shape index (κ3) is 5.51. The van der Waals surface area contributed by atoms with Gasteiger partial charge in [0.05, 0.1) is 0 Å². The molecule has 0 aliphatic rings. The lowest BCUT2D eigenvalue weighted by molar-refractivity contribution is 0.668. The first-order valence-electron chi connectivity index (χ1n) is 21.2. The van der Waals surface area contributed by atoms with Crippen molar-refractivity contribution >= 4 is 107 Å². The molecule has 64 heavy (non-hydrogen) atoms. The standard InChI is InChI=1S/C57H31N3O2S2/c1-2-10-32(11-3-1)55-58-56(39-14-8-16-47-53(39)43-30-33(20-24-45(43)61-47)35-22-26-51-41(28-35)37-12-4-6-18-49(37)63-51)60-57(59-55)40-15-9-17-48-54(40)44-31-34(21-25-46(44)62-48)36-23-27-52-42(29-36)38-13-5-7-19-50(38)64-52/h1-31H. The maximum atomic E-state index is 6.55. The van der Waals surface area contributed by atoms with Crippen LogP contribution < -0.4 is 0 Å². The maximum Gasteiger partial charge on any atom is 0.164 e. The maximum absolute atomic E-state index is 6.55. The van der Waals surface area contributed by atoms with E-state index in [0.717, 1.165) is 82.8 Å². The van der Waals surface area contributed by atoms with E-state index in [-0.39, 0.29) is 0 Å². The Kier molecular flexibility index (Phi) is 7.66. The van der Waals surface area contributed by atoms with Crippen molar-refractivity contribution in [2.75, 3.05) is 0 Å². The van der Waals surface area contributed by atoms with Crippen molar-refractivity contribution in [1.82, 2.24) is 15.0 Å². The molecule has 0 aliphatic carbocycles. The van der Waals surface area contributed by atoms with Gasteiger partial charge in [0.2, 0.25) is 0 Å². The molecule has 0 spiro atoms. The SMILES string of the molecule is c1ccc(-c2nc(-c3cccc4oc5ccc(-c6ccc7sc8ccccc8c7c6)cc5c34)nc(-c3cccc4oc5ccc(-c6ccc7sc8ccccc8c7c6)cc5c34)n2)cc1. The summed E-state index contributed by atoms with van der Waals surface area (Å²) in [6, 6.07) is 66.2. The van der Waals surface area contributed by atoms with E-state index in [9.17, 15) is 0 Å². The first-order chi connectivity index (χ1) is 31.7. The molecule has 298 valence electrons. The molecule has 0 unspecified atom stereocenters. The minimum Gasteiger partial charge on any atom is -0.456 e. The predicted octanol–water partition coefficient (Wildman–Crippen LogP) is 16.7. The van der Waals surface area contributed by atoms with E-state index in [1.165, 1.54) is 40.3 Å². The second kappa shape index (κ2) is 13.8. The van der Waals surface area contributed by atoms with Gasteiger partial charge in [0.25, 0.3) is 0 Å². The number of aromatic nitrogens is 3. The van der Waals surface area contributed by atoms with Crippen LogP contribution >= 0.6 is 22.7 Å². The molecule has 5 heterocycles. The summed E-state index contributed by atoms with van der Waals surface area (Å²) in [4.78, 5) is 15.8. The monoisotopic (exact) mass is 853 g/mol. The zero-order valence-corrected chi connectivity index (χ0v) is 35.5.